The molecule has 9 nitrogen and oxygen atoms in total. The van der Waals surface area contributed by atoms with Crippen LogP contribution in [0.3, 0.4) is 0 Å². The molecule has 5 N–H and O–H groups in total. The predicted octanol–water partition coefficient (Wildman–Crippen LogP) is 5.81. The first kappa shape index (κ1) is 28.3. The van der Waals surface area contributed by atoms with Crippen molar-refractivity contribution in [2.75, 3.05) is 11.9 Å². The fourth-order valence-corrected chi connectivity index (χ4v) is 3.56. The van der Waals surface area contributed by atoms with Crippen molar-refractivity contribution in [2.24, 2.45) is 5.73 Å². The lowest BCUT2D eigenvalue weighted by Gasteiger charge is -2.15. The van der Waals surface area contributed by atoms with Crippen molar-refractivity contribution in [1.29, 1.82) is 5.41 Å². The molecule has 0 aliphatic carbocycles. The van der Waals surface area contributed by atoms with Crippen molar-refractivity contribution in [3.05, 3.63) is 77.6 Å². The molecule has 3 aromatic rings. The van der Waals surface area contributed by atoms with Crippen LogP contribution in [0.15, 0.2) is 60.8 Å². The van der Waals surface area contributed by atoms with Gasteiger partial charge < -0.3 is 20.5 Å². The van der Waals surface area contributed by atoms with Crippen molar-refractivity contribution in [1.82, 2.24) is 15.1 Å². The summed E-state index contributed by atoms with van der Waals surface area (Å²) in [6, 6.07) is 14.6. The highest BCUT2D eigenvalue weighted by Gasteiger charge is 2.22. The van der Waals surface area contributed by atoms with Gasteiger partial charge in [0, 0.05) is 35.7 Å². The van der Waals surface area contributed by atoms with Crippen LogP contribution in [0.25, 0.3) is 5.69 Å². The number of aryl methyl sites for hydroxylation is 1. The average Bonchev–Trinajstić information content (AvgIpc) is 3.29. The van der Waals surface area contributed by atoms with E-state index in [1.165, 1.54) is 12.3 Å². The fraction of sp³-hybridized carbons (Fsp3) is 0.345. The van der Waals surface area contributed by atoms with Crippen LogP contribution >= 0.6 is 0 Å². The van der Waals surface area contributed by atoms with Gasteiger partial charge in [-0.3, -0.25) is 10.7 Å². The number of anilines is 1. The normalized spacial score (nSPS) is 11.4. The third-order valence-electron chi connectivity index (χ3n) is 5.77. The van der Waals surface area contributed by atoms with E-state index in [1.807, 2.05) is 43.3 Å². The molecule has 38 heavy (non-hydrogen) atoms. The Kier molecular flexibility index (Phi) is 9.54. The number of nitrogens with one attached hydrogen (secondary N) is 3. The maximum absolute atomic E-state index is 13.0. The summed E-state index contributed by atoms with van der Waals surface area (Å²) in [5, 5.41) is 18.4. The van der Waals surface area contributed by atoms with Gasteiger partial charge in [0.2, 0.25) is 5.90 Å². The second kappa shape index (κ2) is 12.8. The summed E-state index contributed by atoms with van der Waals surface area (Å²) < 4.78 is 13.3. The topological polar surface area (TPSA) is 127 Å². The van der Waals surface area contributed by atoms with Crippen LogP contribution in [0.5, 0.6) is 11.5 Å². The van der Waals surface area contributed by atoms with E-state index in [2.05, 4.69) is 38.3 Å². The summed E-state index contributed by atoms with van der Waals surface area (Å²) in [5.74, 6) is 1.70. The molecule has 2 aromatic carbocycles. The van der Waals surface area contributed by atoms with E-state index in [9.17, 15) is 4.79 Å². The number of urea groups is 1. The van der Waals surface area contributed by atoms with Gasteiger partial charge in [-0.25, -0.2) is 9.48 Å². The minimum absolute atomic E-state index is 0.0980. The van der Waals surface area contributed by atoms with Gasteiger partial charge in [0.15, 0.2) is 0 Å². The first-order chi connectivity index (χ1) is 18.1. The van der Waals surface area contributed by atoms with E-state index in [0.29, 0.717) is 23.7 Å². The summed E-state index contributed by atoms with van der Waals surface area (Å²) in [6.45, 7) is 11.2. The van der Waals surface area contributed by atoms with E-state index in [0.717, 1.165) is 35.5 Å². The van der Waals surface area contributed by atoms with Crippen molar-refractivity contribution < 1.29 is 14.3 Å². The third-order valence-corrected chi connectivity index (χ3v) is 5.77. The van der Waals surface area contributed by atoms with Crippen LogP contribution in [-0.4, -0.2) is 28.3 Å². The van der Waals surface area contributed by atoms with Crippen LogP contribution in [0.1, 0.15) is 57.4 Å². The lowest BCUT2D eigenvalue weighted by molar-refractivity contribution is 0.251. The Morgan fingerprint density at radius 1 is 1.16 bits per heavy atom. The maximum atomic E-state index is 13.0. The Balaban J connectivity index is 1.81. The molecule has 3 rings (SSSR count). The van der Waals surface area contributed by atoms with Gasteiger partial charge in [-0.15, -0.1) is 0 Å². The second-order valence-corrected chi connectivity index (χ2v) is 9.97. The molecule has 202 valence electrons. The van der Waals surface area contributed by atoms with Crippen LogP contribution < -0.4 is 25.8 Å². The molecular weight excluding hydrogens is 480 g/mol. The summed E-state index contributed by atoms with van der Waals surface area (Å²) in [4.78, 5) is 13.0. The third kappa shape index (κ3) is 7.61. The van der Waals surface area contributed by atoms with Crippen LogP contribution in [0, 0.1) is 12.3 Å². The monoisotopic (exact) mass is 518 g/mol. The standard InChI is InChI=1S/C29H38N6O3/c1-6-7-16-37-24-17-22(13-12-20(24)2)35-27(18-25(34-35)29(3,4)5)33-28(36)32-19-21-10-8-9-11-23(21)38-26(31)14-15-30/h8-15,17-18,31H,6-7,16,19,30H2,1-5H3,(H2,32,33,36)/b15-14-,31-26?. The molecule has 0 bridgehead atoms. The van der Waals surface area contributed by atoms with Gasteiger partial charge in [0.1, 0.15) is 17.3 Å². The Labute approximate surface area is 224 Å². The number of rotatable bonds is 10. The number of unbranched alkanes of at least 4 members (excludes halogenated alkanes) is 1. The van der Waals surface area contributed by atoms with Crippen LogP contribution in [0.2, 0.25) is 0 Å². The molecule has 9 heteroatoms. The lowest BCUT2D eigenvalue weighted by Crippen LogP contribution is -2.29. The molecule has 1 heterocycles. The Morgan fingerprint density at radius 3 is 2.63 bits per heavy atom. The molecule has 0 aliphatic rings. The van der Waals surface area contributed by atoms with E-state index in [4.69, 9.17) is 25.7 Å². The molecule has 1 aromatic heterocycles. The molecule has 0 saturated heterocycles. The largest absolute Gasteiger partial charge is 0.493 e. The van der Waals surface area contributed by atoms with Crippen molar-refractivity contribution in [3.63, 3.8) is 0 Å². The highest BCUT2D eigenvalue weighted by atomic mass is 16.5. The minimum atomic E-state index is -0.398. The molecule has 0 aliphatic heterocycles. The van der Waals surface area contributed by atoms with Gasteiger partial charge in [0.05, 0.1) is 18.0 Å². The summed E-state index contributed by atoms with van der Waals surface area (Å²) >= 11 is 0. The van der Waals surface area contributed by atoms with Crippen LogP contribution in [-0.2, 0) is 12.0 Å². The van der Waals surface area contributed by atoms with Crippen molar-refractivity contribution in [2.45, 2.75) is 59.4 Å². The Morgan fingerprint density at radius 2 is 1.92 bits per heavy atom. The average molecular weight is 519 g/mol. The number of amides is 2. The molecule has 0 unspecified atom stereocenters. The van der Waals surface area contributed by atoms with Crippen LogP contribution in [0.4, 0.5) is 10.6 Å². The summed E-state index contributed by atoms with van der Waals surface area (Å²) in [7, 11) is 0. The second-order valence-electron chi connectivity index (χ2n) is 9.97. The first-order valence-corrected chi connectivity index (χ1v) is 12.7. The molecule has 0 radical (unpaired) electrons. The first-order valence-electron chi connectivity index (χ1n) is 12.7. The lowest BCUT2D eigenvalue weighted by atomic mass is 9.92. The molecule has 0 fully saturated rings. The number of nitrogens with two attached hydrogens (primary N) is 1. The van der Waals surface area contributed by atoms with Gasteiger partial charge in [-0.05, 0) is 37.2 Å². The number of hydrogen-bond acceptors (Lipinski definition) is 6. The maximum Gasteiger partial charge on any atom is 0.320 e. The number of hydrogen-bond donors (Lipinski definition) is 4. The number of carbonyl (C=O) groups is 1. The Hall–Kier alpha value is -4.27. The van der Waals surface area contributed by atoms with Crippen molar-refractivity contribution >= 4 is 17.7 Å². The molecule has 0 spiro atoms. The highest BCUT2D eigenvalue weighted by Crippen LogP contribution is 2.29. The zero-order valence-corrected chi connectivity index (χ0v) is 22.8. The van der Waals surface area contributed by atoms with Gasteiger partial charge in [-0.2, -0.15) is 5.10 Å². The smallest absolute Gasteiger partial charge is 0.320 e. The number of ether oxygens (including phenoxy) is 2. The molecule has 0 atom stereocenters. The number of carbonyl (C=O) groups excluding carboxylic acids is 1. The molecule has 0 saturated carbocycles. The zero-order valence-electron chi connectivity index (χ0n) is 22.8. The van der Waals surface area contributed by atoms with E-state index in [1.54, 1.807) is 16.8 Å². The highest BCUT2D eigenvalue weighted by molar-refractivity contribution is 5.89. The molecular formula is C29H38N6O3. The number of aromatic nitrogens is 2. The molecule has 2 amide bonds. The minimum Gasteiger partial charge on any atom is -0.493 e. The van der Waals surface area contributed by atoms with Crippen molar-refractivity contribution in [3.8, 4) is 17.2 Å². The van der Waals surface area contributed by atoms with E-state index >= 15 is 0 Å². The summed E-state index contributed by atoms with van der Waals surface area (Å²) in [5.41, 5.74) is 8.50. The fourth-order valence-electron chi connectivity index (χ4n) is 3.56. The number of nitrogens with zero attached hydrogens (tertiary/aromatic N) is 2. The van der Waals surface area contributed by atoms with E-state index in [-0.39, 0.29) is 17.9 Å². The number of para-hydroxylation sites is 1. The van der Waals surface area contributed by atoms with Gasteiger partial charge in [-0.1, -0.05) is 58.4 Å². The quantitative estimate of drug-likeness (QED) is 0.153. The summed E-state index contributed by atoms with van der Waals surface area (Å²) in [6.07, 6.45) is 4.61. The zero-order chi connectivity index (χ0) is 27.7. The van der Waals surface area contributed by atoms with Gasteiger partial charge >= 0.3 is 6.03 Å². The van der Waals surface area contributed by atoms with E-state index < -0.39 is 6.03 Å². The SMILES string of the molecule is CCCCOc1cc(-n2nc(C(C)(C)C)cc2NC(=O)NCc2ccccc2OC(=N)/C=C\N)ccc1C. The predicted molar refractivity (Wildman–Crippen MR) is 151 cm³/mol. The van der Waals surface area contributed by atoms with Gasteiger partial charge in [0.25, 0.3) is 0 Å². The Bertz CT molecular complexity index is 1290. The number of benzene rings is 2.